The van der Waals surface area contributed by atoms with Crippen molar-refractivity contribution in [1.29, 1.82) is 5.26 Å². The van der Waals surface area contributed by atoms with E-state index >= 15 is 0 Å². The second kappa shape index (κ2) is 6.67. The Morgan fingerprint density at radius 2 is 1.96 bits per heavy atom. The van der Waals surface area contributed by atoms with Crippen molar-refractivity contribution < 1.29 is 14.2 Å². The highest BCUT2D eigenvalue weighted by atomic mass is 16.5. The highest BCUT2D eigenvalue weighted by Gasteiger charge is 2.36. The Balaban J connectivity index is 2.07. The number of nitrogens with one attached hydrogen (secondary N) is 1. The third-order valence-electron chi connectivity index (χ3n) is 4.84. The Morgan fingerprint density at radius 1 is 1.18 bits per heavy atom. The molecule has 1 aliphatic heterocycles. The summed E-state index contributed by atoms with van der Waals surface area (Å²) in [6.07, 6.45) is 0. The topological polar surface area (TPSA) is 110 Å². The number of nitrogens with two attached hydrogens (primary N) is 1. The molecule has 0 spiro atoms. The van der Waals surface area contributed by atoms with Gasteiger partial charge in [-0.25, -0.2) is 0 Å². The summed E-state index contributed by atoms with van der Waals surface area (Å²) in [7, 11) is 3.07. The molecule has 3 N–H and O–H groups in total. The Labute approximate surface area is 160 Å². The van der Waals surface area contributed by atoms with Crippen LogP contribution < -0.4 is 25.5 Å². The van der Waals surface area contributed by atoms with Crippen molar-refractivity contribution in [1.82, 2.24) is 4.98 Å². The number of benzene rings is 2. The first-order valence-electron chi connectivity index (χ1n) is 8.53. The average molecular weight is 375 g/mol. The van der Waals surface area contributed by atoms with Gasteiger partial charge in [-0.05, 0) is 18.2 Å². The average Bonchev–Trinajstić information content (AvgIpc) is 2.72. The summed E-state index contributed by atoms with van der Waals surface area (Å²) in [6.45, 7) is 0. The van der Waals surface area contributed by atoms with Gasteiger partial charge in [0.1, 0.15) is 28.9 Å². The van der Waals surface area contributed by atoms with Crippen LogP contribution in [0.15, 0.2) is 58.7 Å². The molecule has 1 aliphatic rings. The van der Waals surface area contributed by atoms with Gasteiger partial charge < -0.3 is 24.9 Å². The quantitative estimate of drug-likeness (QED) is 0.728. The molecule has 0 fully saturated rings. The minimum absolute atomic E-state index is 0.0337. The zero-order chi connectivity index (χ0) is 19.8. The molecule has 1 aromatic heterocycles. The van der Waals surface area contributed by atoms with E-state index in [9.17, 15) is 10.1 Å². The first-order valence-corrected chi connectivity index (χ1v) is 8.53. The number of H-pyrrole nitrogens is 1. The molecule has 140 valence electrons. The number of hydrogen-bond donors (Lipinski definition) is 2. The van der Waals surface area contributed by atoms with E-state index in [1.165, 1.54) is 7.11 Å². The zero-order valence-electron chi connectivity index (χ0n) is 15.3. The summed E-state index contributed by atoms with van der Waals surface area (Å²) in [6, 6.07) is 14.6. The van der Waals surface area contributed by atoms with Crippen molar-refractivity contribution in [3.05, 3.63) is 75.4 Å². The maximum atomic E-state index is 13.0. The molecule has 0 radical (unpaired) electrons. The fourth-order valence-corrected chi connectivity index (χ4v) is 3.54. The predicted molar refractivity (Wildman–Crippen MR) is 103 cm³/mol. The molecule has 0 saturated carbocycles. The number of nitrogens with zero attached hydrogens (tertiary/aromatic N) is 1. The van der Waals surface area contributed by atoms with Gasteiger partial charge in [-0.15, -0.1) is 0 Å². The van der Waals surface area contributed by atoms with Crippen LogP contribution in [0.5, 0.6) is 17.2 Å². The third-order valence-corrected chi connectivity index (χ3v) is 4.84. The minimum Gasteiger partial charge on any atom is -0.497 e. The van der Waals surface area contributed by atoms with Gasteiger partial charge in [-0.2, -0.15) is 5.26 Å². The van der Waals surface area contributed by atoms with Crippen LogP contribution in [0.25, 0.3) is 10.9 Å². The van der Waals surface area contributed by atoms with E-state index in [0.29, 0.717) is 39.3 Å². The Kier molecular flexibility index (Phi) is 4.17. The number of aromatic nitrogens is 1. The van der Waals surface area contributed by atoms with Crippen LogP contribution in [0, 0.1) is 11.3 Å². The molecule has 3 aromatic rings. The summed E-state index contributed by atoms with van der Waals surface area (Å²) in [4.78, 5) is 15.8. The number of aromatic amines is 1. The van der Waals surface area contributed by atoms with Gasteiger partial charge in [0.2, 0.25) is 5.88 Å². The number of pyridine rings is 1. The summed E-state index contributed by atoms with van der Waals surface area (Å²) >= 11 is 0. The normalized spacial score (nSPS) is 15.5. The number of hydrogen-bond acceptors (Lipinski definition) is 6. The van der Waals surface area contributed by atoms with E-state index in [1.807, 2.05) is 18.2 Å². The lowest BCUT2D eigenvalue weighted by atomic mass is 9.83. The van der Waals surface area contributed by atoms with Gasteiger partial charge in [0, 0.05) is 17.0 Å². The largest absolute Gasteiger partial charge is 0.497 e. The van der Waals surface area contributed by atoms with Gasteiger partial charge in [-0.3, -0.25) is 4.79 Å². The number of rotatable bonds is 3. The number of fused-ring (bicyclic) bond motifs is 3. The summed E-state index contributed by atoms with van der Waals surface area (Å²) in [5, 5.41) is 10.4. The molecular weight excluding hydrogens is 358 g/mol. The van der Waals surface area contributed by atoms with Crippen LogP contribution in [0.4, 0.5) is 0 Å². The molecule has 28 heavy (non-hydrogen) atoms. The first-order chi connectivity index (χ1) is 13.6. The number of ether oxygens (including phenoxy) is 3. The molecule has 0 unspecified atom stereocenters. The van der Waals surface area contributed by atoms with Gasteiger partial charge in [0.25, 0.3) is 5.56 Å². The van der Waals surface area contributed by atoms with Gasteiger partial charge >= 0.3 is 0 Å². The molecule has 0 saturated heterocycles. The van der Waals surface area contributed by atoms with Crippen LogP contribution in [0.3, 0.4) is 0 Å². The lowest BCUT2D eigenvalue weighted by molar-refractivity contribution is 0.382. The highest BCUT2D eigenvalue weighted by Crippen LogP contribution is 2.45. The van der Waals surface area contributed by atoms with Crippen LogP contribution in [-0.4, -0.2) is 19.2 Å². The third kappa shape index (κ3) is 2.55. The summed E-state index contributed by atoms with van der Waals surface area (Å²) in [5.41, 5.74) is 7.43. The molecule has 0 aliphatic carbocycles. The van der Waals surface area contributed by atoms with Crippen LogP contribution >= 0.6 is 0 Å². The number of allylic oxidation sites excluding steroid dienone is 1. The smallest absolute Gasteiger partial charge is 0.256 e. The fourth-order valence-electron chi connectivity index (χ4n) is 3.54. The fraction of sp³-hybridized carbons (Fsp3) is 0.143. The van der Waals surface area contributed by atoms with Gasteiger partial charge in [0.05, 0.1) is 31.2 Å². The second-order valence-corrected chi connectivity index (χ2v) is 6.28. The van der Waals surface area contributed by atoms with Crippen LogP contribution in [-0.2, 0) is 0 Å². The summed E-state index contributed by atoms with van der Waals surface area (Å²) in [5.74, 6) is 0.649. The molecule has 0 amide bonds. The first kappa shape index (κ1) is 17.5. The van der Waals surface area contributed by atoms with E-state index < -0.39 is 5.92 Å². The van der Waals surface area contributed by atoms with Crippen molar-refractivity contribution >= 4 is 10.9 Å². The molecule has 2 heterocycles. The maximum absolute atomic E-state index is 13.0. The monoisotopic (exact) mass is 375 g/mol. The Hall–Kier alpha value is -3.92. The predicted octanol–water partition coefficient (Wildman–Crippen LogP) is 2.76. The molecule has 7 nitrogen and oxygen atoms in total. The standard InChI is InChI=1S/C21H17N3O4/c1-26-11-7-8-13(16(9-11)27-2)17-14(10-22)20(23)28-19-12-5-3-4-6-15(12)24-21(25)18(17)19/h3-9,17H,23H2,1-2H3,(H,24,25)/t17-/m1/s1. The lowest BCUT2D eigenvalue weighted by Gasteiger charge is -2.27. The molecule has 4 rings (SSSR count). The van der Waals surface area contributed by atoms with E-state index in [0.717, 1.165) is 0 Å². The SMILES string of the molecule is COc1ccc([C@@H]2C(C#N)=C(N)Oc3c2c(=O)[nH]c2ccccc32)c(OC)c1. The molecule has 7 heteroatoms. The minimum atomic E-state index is -0.733. The van der Waals surface area contributed by atoms with E-state index in [-0.39, 0.29) is 17.0 Å². The van der Waals surface area contributed by atoms with Crippen molar-refractivity contribution in [2.45, 2.75) is 5.92 Å². The van der Waals surface area contributed by atoms with Crippen LogP contribution in [0.1, 0.15) is 17.0 Å². The number of methoxy groups -OCH3 is 2. The molecule has 2 aromatic carbocycles. The second-order valence-electron chi connectivity index (χ2n) is 6.28. The number of para-hydroxylation sites is 1. The highest BCUT2D eigenvalue weighted by molar-refractivity contribution is 5.87. The van der Waals surface area contributed by atoms with E-state index in [1.54, 1.807) is 31.4 Å². The molecule has 1 atom stereocenters. The van der Waals surface area contributed by atoms with Gasteiger partial charge in [0.15, 0.2) is 0 Å². The van der Waals surface area contributed by atoms with Gasteiger partial charge in [-0.1, -0.05) is 18.2 Å². The van der Waals surface area contributed by atoms with E-state index in [4.69, 9.17) is 19.9 Å². The van der Waals surface area contributed by atoms with Crippen molar-refractivity contribution in [3.8, 4) is 23.3 Å². The number of nitriles is 1. The summed E-state index contributed by atoms with van der Waals surface area (Å²) < 4.78 is 16.5. The van der Waals surface area contributed by atoms with Crippen molar-refractivity contribution in [2.24, 2.45) is 5.73 Å². The van der Waals surface area contributed by atoms with Crippen molar-refractivity contribution in [2.75, 3.05) is 14.2 Å². The molecule has 0 bridgehead atoms. The molecular formula is C21H17N3O4. The Morgan fingerprint density at radius 3 is 2.68 bits per heavy atom. The maximum Gasteiger partial charge on any atom is 0.256 e. The Bertz CT molecular complexity index is 1220. The van der Waals surface area contributed by atoms with Crippen LogP contribution in [0.2, 0.25) is 0 Å². The van der Waals surface area contributed by atoms with E-state index in [2.05, 4.69) is 11.1 Å². The van der Waals surface area contributed by atoms with Crippen molar-refractivity contribution in [3.63, 3.8) is 0 Å². The lowest BCUT2D eigenvalue weighted by Crippen LogP contribution is -2.28. The zero-order valence-corrected chi connectivity index (χ0v) is 15.3.